The second-order valence-corrected chi connectivity index (χ2v) is 12.6. The zero-order valence-corrected chi connectivity index (χ0v) is 22.8. The van der Waals surface area contributed by atoms with Gasteiger partial charge < -0.3 is 9.08 Å². The molecule has 2 heterocycles. The van der Waals surface area contributed by atoms with Crippen LogP contribution in [0.4, 0.5) is 0 Å². The SMILES string of the molecule is Cc1ccc(Br)nc1CC(N[S@@+]([O-])C(C)(C)C)c1ccccc1-c1noc2cc(Br)ccc12. The molecule has 0 bridgehead atoms. The molecular weight excluding hydrogens is 566 g/mol. The molecule has 0 amide bonds. The van der Waals surface area contributed by atoms with Crippen LogP contribution >= 0.6 is 31.9 Å². The van der Waals surface area contributed by atoms with Gasteiger partial charge in [0.05, 0.1) is 6.04 Å². The standard InChI is InChI=1S/C25H25Br2N3O2S/c1-15-9-12-23(27)28-20(15)14-21(30-33(31)25(2,3)4)17-7-5-6-8-18(17)24-19-11-10-16(26)13-22(19)32-29-24/h5-13,21,30H,14H2,1-4H3/t21?,33-/m0/s1. The summed E-state index contributed by atoms with van der Waals surface area (Å²) in [6, 6.07) is 17.7. The summed E-state index contributed by atoms with van der Waals surface area (Å²) >= 11 is 5.70. The summed E-state index contributed by atoms with van der Waals surface area (Å²) in [6.07, 6.45) is 0.575. The van der Waals surface area contributed by atoms with E-state index in [1.165, 1.54) is 0 Å². The largest absolute Gasteiger partial charge is 0.598 e. The van der Waals surface area contributed by atoms with Gasteiger partial charge in [0.25, 0.3) is 0 Å². The Morgan fingerprint density at radius 3 is 2.61 bits per heavy atom. The smallest absolute Gasteiger partial charge is 0.168 e. The Hall–Kier alpha value is -1.71. The van der Waals surface area contributed by atoms with E-state index in [1.807, 2.05) is 76.2 Å². The van der Waals surface area contributed by atoms with Crippen LogP contribution in [0.25, 0.3) is 22.2 Å². The van der Waals surface area contributed by atoms with Crippen molar-refractivity contribution < 1.29 is 9.08 Å². The minimum Gasteiger partial charge on any atom is -0.598 e. The fourth-order valence-corrected chi connectivity index (χ4v) is 5.10. The maximum atomic E-state index is 13.2. The number of benzene rings is 2. The number of nitrogens with zero attached hydrogens (tertiary/aromatic N) is 2. The molecule has 1 unspecified atom stereocenters. The van der Waals surface area contributed by atoms with Gasteiger partial charge in [-0.2, -0.15) is 0 Å². The number of hydrogen-bond donors (Lipinski definition) is 1. The maximum Gasteiger partial charge on any atom is 0.168 e. The average molecular weight is 591 g/mol. The molecule has 33 heavy (non-hydrogen) atoms. The molecule has 0 saturated heterocycles. The van der Waals surface area contributed by atoms with E-state index in [4.69, 9.17) is 9.51 Å². The van der Waals surface area contributed by atoms with Gasteiger partial charge in [0.1, 0.15) is 15.0 Å². The van der Waals surface area contributed by atoms with Crippen molar-refractivity contribution in [1.29, 1.82) is 0 Å². The molecule has 0 aliphatic rings. The quantitative estimate of drug-likeness (QED) is 0.192. The van der Waals surface area contributed by atoms with Gasteiger partial charge in [0.2, 0.25) is 0 Å². The molecule has 2 aromatic carbocycles. The number of aromatic nitrogens is 2. The van der Waals surface area contributed by atoms with Gasteiger partial charge in [0, 0.05) is 38.9 Å². The molecule has 0 fully saturated rings. The molecule has 0 radical (unpaired) electrons. The maximum absolute atomic E-state index is 13.2. The van der Waals surface area contributed by atoms with Crippen molar-refractivity contribution >= 4 is 54.2 Å². The van der Waals surface area contributed by atoms with Gasteiger partial charge in [-0.1, -0.05) is 51.4 Å². The second kappa shape index (κ2) is 9.88. The van der Waals surface area contributed by atoms with Crippen LogP contribution in [-0.2, 0) is 17.8 Å². The van der Waals surface area contributed by atoms with E-state index in [-0.39, 0.29) is 6.04 Å². The minimum absolute atomic E-state index is 0.246. The first-order valence-corrected chi connectivity index (χ1v) is 13.3. The molecule has 8 heteroatoms. The van der Waals surface area contributed by atoms with E-state index in [2.05, 4.69) is 47.8 Å². The van der Waals surface area contributed by atoms with Crippen LogP contribution < -0.4 is 4.72 Å². The number of rotatable bonds is 6. The molecule has 0 saturated carbocycles. The first-order valence-electron chi connectivity index (χ1n) is 10.6. The topological polar surface area (TPSA) is 74.0 Å². The Morgan fingerprint density at radius 2 is 1.85 bits per heavy atom. The average Bonchev–Trinajstić information content (AvgIpc) is 3.18. The number of aryl methyl sites for hydroxylation is 1. The Kier molecular flexibility index (Phi) is 7.31. The summed E-state index contributed by atoms with van der Waals surface area (Å²) in [5.41, 5.74) is 5.43. The summed E-state index contributed by atoms with van der Waals surface area (Å²) in [6.45, 7) is 7.93. The lowest BCUT2D eigenvalue weighted by Crippen LogP contribution is -2.42. The van der Waals surface area contributed by atoms with E-state index >= 15 is 0 Å². The molecule has 4 rings (SSSR count). The molecule has 4 aromatic rings. The van der Waals surface area contributed by atoms with E-state index in [1.54, 1.807) is 0 Å². The molecule has 2 aromatic heterocycles. The van der Waals surface area contributed by atoms with Crippen molar-refractivity contribution in [2.24, 2.45) is 0 Å². The predicted octanol–water partition coefficient (Wildman–Crippen LogP) is 7.06. The number of hydrogen-bond acceptors (Lipinski definition) is 5. The van der Waals surface area contributed by atoms with Crippen molar-refractivity contribution in [3.8, 4) is 11.3 Å². The number of nitrogens with one attached hydrogen (secondary N) is 1. The van der Waals surface area contributed by atoms with Crippen LogP contribution in [0, 0.1) is 6.92 Å². The van der Waals surface area contributed by atoms with Gasteiger partial charge in [-0.15, -0.1) is 4.72 Å². The highest BCUT2D eigenvalue weighted by atomic mass is 79.9. The van der Waals surface area contributed by atoms with Crippen LogP contribution in [0.5, 0.6) is 0 Å². The molecule has 5 nitrogen and oxygen atoms in total. The van der Waals surface area contributed by atoms with E-state index in [0.29, 0.717) is 12.0 Å². The third-order valence-electron chi connectivity index (χ3n) is 5.40. The van der Waals surface area contributed by atoms with Crippen molar-refractivity contribution in [2.45, 2.75) is 44.9 Å². The molecular formula is C25H25Br2N3O2S. The first kappa shape index (κ1) is 24.4. The van der Waals surface area contributed by atoms with Gasteiger partial charge in [-0.3, -0.25) is 0 Å². The summed E-state index contributed by atoms with van der Waals surface area (Å²) < 4.78 is 23.5. The molecule has 0 aliphatic heterocycles. The van der Waals surface area contributed by atoms with Crippen LogP contribution in [0.15, 0.2) is 68.2 Å². The van der Waals surface area contributed by atoms with E-state index in [0.717, 1.165) is 42.5 Å². The first-order chi connectivity index (χ1) is 15.6. The monoisotopic (exact) mass is 589 g/mol. The fraction of sp³-hybridized carbons (Fsp3) is 0.280. The third-order valence-corrected chi connectivity index (χ3v) is 7.94. The molecule has 2 atom stereocenters. The van der Waals surface area contributed by atoms with Gasteiger partial charge in [0.15, 0.2) is 5.58 Å². The highest BCUT2D eigenvalue weighted by molar-refractivity contribution is 9.10. The lowest BCUT2D eigenvalue weighted by Gasteiger charge is -2.29. The lowest BCUT2D eigenvalue weighted by molar-refractivity contribution is 0.459. The highest BCUT2D eigenvalue weighted by Crippen LogP contribution is 2.36. The Balaban J connectivity index is 1.82. The second-order valence-electron chi connectivity index (χ2n) is 8.91. The van der Waals surface area contributed by atoms with E-state index in [9.17, 15) is 4.55 Å². The molecule has 1 N–H and O–H groups in total. The highest BCUT2D eigenvalue weighted by Gasteiger charge is 2.32. The predicted molar refractivity (Wildman–Crippen MR) is 141 cm³/mol. The number of halogens is 2. The Bertz CT molecular complexity index is 1290. The van der Waals surface area contributed by atoms with Gasteiger partial charge in [-0.05, 0) is 79.0 Å². The van der Waals surface area contributed by atoms with Crippen molar-refractivity contribution in [1.82, 2.24) is 14.9 Å². The van der Waals surface area contributed by atoms with E-state index < -0.39 is 16.1 Å². The Labute approximate surface area is 213 Å². The fourth-order valence-electron chi connectivity index (χ4n) is 3.59. The molecule has 172 valence electrons. The molecule has 0 spiro atoms. The van der Waals surface area contributed by atoms with Crippen LogP contribution in [0.1, 0.15) is 43.6 Å². The van der Waals surface area contributed by atoms with Crippen molar-refractivity contribution in [3.63, 3.8) is 0 Å². The minimum atomic E-state index is -1.28. The number of pyridine rings is 1. The van der Waals surface area contributed by atoms with Gasteiger partial charge in [-0.25, -0.2) is 4.98 Å². The summed E-state index contributed by atoms with van der Waals surface area (Å²) in [7, 11) is 0. The zero-order chi connectivity index (χ0) is 23.8. The van der Waals surface area contributed by atoms with Crippen LogP contribution in [0.2, 0.25) is 0 Å². The summed E-state index contributed by atoms with van der Waals surface area (Å²) in [5.74, 6) is 0. The van der Waals surface area contributed by atoms with Crippen molar-refractivity contribution in [3.05, 3.63) is 80.5 Å². The lowest BCUT2D eigenvalue weighted by atomic mass is 9.93. The number of fused-ring (bicyclic) bond motifs is 1. The Morgan fingerprint density at radius 1 is 1.09 bits per heavy atom. The third kappa shape index (κ3) is 5.52. The zero-order valence-electron chi connectivity index (χ0n) is 18.9. The van der Waals surface area contributed by atoms with Crippen molar-refractivity contribution in [2.75, 3.05) is 0 Å². The normalized spacial score (nSPS) is 13.9. The van der Waals surface area contributed by atoms with Gasteiger partial charge >= 0.3 is 0 Å². The summed E-state index contributed by atoms with van der Waals surface area (Å²) in [4.78, 5) is 4.70. The molecule has 0 aliphatic carbocycles. The van der Waals surface area contributed by atoms with Crippen LogP contribution in [0.3, 0.4) is 0 Å². The van der Waals surface area contributed by atoms with Crippen LogP contribution in [-0.4, -0.2) is 19.4 Å². The summed E-state index contributed by atoms with van der Waals surface area (Å²) in [5, 5.41) is 5.32.